The van der Waals surface area contributed by atoms with E-state index in [1.165, 1.54) is 5.39 Å². The topological polar surface area (TPSA) is 26.0 Å². The molecule has 0 spiro atoms. The zero-order valence-corrected chi connectivity index (χ0v) is 10.1. The van der Waals surface area contributed by atoms with Crippen molar-refractivity contribution in [1.82, 2.24) is 4.98 Å². The number of hydrogen-bond acceptors (Lipinski definition) is 2. The number of benzene rings is 3. The molecule has 0 fully saturated rings. The second kappa shape index (κ2) is 3.95. The van der Waals surface area contributed by atoms with Gasteiger partial charge in [0.05, 0.1) is 1.37 Å². The smallest absolute Gasteiger partial charge is 0.227 e. The highest BCUT2D eigenvalue weighted by molar-refractivity contribution is 5.87. The van der Waals surface area contributed by atoms with E-state index < -0.39 is 0 Å². The second-order valence-corrected chi connectivity index (χ2v) is 4.47. The minimum Gasteiger partial charge on any atom is -0.436 e. The Balaban J connectivity index is 1.91. The summed E-state index contributed by atoms with van der Waals surface area (Å²) in [7, 11) is 0. The van der Waals surface area contributed by atoms with Crippen LogP contribution in [-0.4, -0.2) is 4.98 Å². The summed E-state index contributed by atoms with van der Waals surface area (Å²) < 4.78 is 13.4. The van der Waals surface area contributed by atoms with Crippen LogP contribution >= 0.6 is 0 Å². The van der Waals surface area contributed by atoms with E-state index in [-0.39, 0.29) is 0 Å². The minimum absolute atomic E-state index is 0.429. The monoisotopic (exact) mass is 246 g/mol. The van der Waals surface area contributed by atoms with Crippen molar-refractivity contribution in [1.29, 1.82) is 0 Å². The van der Waals surface area contributed by atoms with Gasteiger partial charge in [-0.1, -0.05) is 42.4 Å². The van der Waals surface area contributed by atoms with Gasteiger partial charge in [-0.3, -0.25) is 0 Å². The van der Waals surface area contributed by atoms with Crippen molar-refractivity contribution in [3.8, 4) is 11.5 Å². The minimum atomic E-state index is 0.429. The highest BCUT2D eigenvalue weighted by Gasteiger charge is 2.07. The molecule has 19 heavy (non-hydrogen) atoms. The molecule has 4 aromatic rings. The van der Waals surface area contributed by atoms with Crippen molar-refractivity contribution in [3.05, 3.63) is 66.7 Å². The molecule has 0 radical (unpaired) electrons. The maximum Gasteiger partial charge on any atom is 0.227 e. The highest BCUT2D eigenvalue weighted by atomic mass is 16.3. The second-order valence-electron chi connectivity index (χ2n) is 4.47. The third-order valence-corrected chi connectivity index (χ3v) is 3.23. The van der Waals surface area contributed by atoms with Gasteiger partial charge in [0.25, 0.3) is 0 Å². The Bertz CT molecular complexity index is 926. The van der Waals surface area contributed by atoms with Gasteiger partial charge in [0, 0.05) is 5.56 Å². The number of hydrogen-bond donors (Lipinski definition) is 0. The molecule has 0 aliphatic rings. The maximum absolute atomic E-state index is 7.61. The average Bonchev–Trinajstić information content (AvgIpc) is 2.89. The lowest BCUT2D eigenvalue weighted by molar-refractivity contribution is 0.620. The van der Waals surface area contributed by atoms with Gasteiger partial charge in [-0.25, -0.2) is 4.98 Å². The molecule has 0 bridgehead atoms. The van der Waals surface area contributed by atoms with E-state index >= 15 is 0 Å². The first-order valence-corrected chi connectivity index (χ1v) is 6.16. The summed E-state index contributed by atoms with van der Waals surface area (Å²) in [5.41, 5.74) is 2.39. The molecule has 0 atom stereocenters. The first kappa shape index (κ1) is 9.34. The molecule has 3 aromatic carbocycles. The molecule has 0 amide bonds. The molecule has 0 aliphatic carbocycles. The van der Waals surface area contributed by atoms with E-state index in [1.807, 2.05) is 24.3 Å². The summed E-state index contributed by atoms with van der Waals surface area (Å²) in [4.78, 5) is 4.48. The molecule has 2 nitrogen and oxygen atoms in total. The van der Waals surface area contributed by atoms with E-state index in [0.29, 0.717) is 17.5 Å². The molecule has 0 aliphatic heterocycles. The van der Waals surface area contributed by atoms with Crippen LogP contribution in [0.25, 0.3) is 33.3 Å². The van der Waals surface area contributed by atoms with Crippen molar-refractivity contribution in [2.75, 3.05) is 0 Å². The summed E-state index contributed by atoms with van der Waals surface area (Å²) in [5, 5.41) is 2.36. The zero-order valence-electron chi connectivity index (χ0n) is 11.1. The van der Waals surface area contributed by atoms with Crippen molar-refractivity contribution in [3.63, 3.8) is 0 Å². The van der Waals surface area contributed by atoms with E-state index in [4.69, 9.17) is 5.79 Å². The summed E-state index contributed by atoms with van der Waals surface area (Å²) in [6.07, 6.45) is 0. The van der Waals surface area contributed by atoms with Gasteiger partial charge >= 0.3 is 0 Å². The van der Waals surface area contributed by atoms with E-state index in [1.54, 1.807) is 12.1 Å². The van der Waals surface area contributed by atoms with Gasteiger partial charge < -0.3 is 4.42 Å². The lowest BCUT2D eigenvalue weighted by Crippen LogP contribution is -1.78. The van der Waals surface area contributed by atoms with Gasteiger partial charge in [-0.2, -0.15) is 0 Å². The molecule has 2 heteroatoms. The fraction of sp³-hybridized carbons (Fsp3) is 0. The summed E-state index contributed by atoms with van der Waals surface area (Å²) in [6.45, 7) is 0. The first-order valence-electron chi connectivity index (χ1n) is 6.66. The summed E-state index contributed by atoms with van der Waals surface area (Å²) >= 11 is 0. The Labute approximate surface area is 111 Å². The van der Waals surface area contributed by atoms with Crippen molar-refractivity contribution in [2.45, 2.75) is 0 Å². The molecule has 1 heterocycles. The van der Waals surface area contributed by atoms with Crippen LogP contribution in [0.5, 0.6) is 0 Å². The number of para-hydroxylation sites is 2. The fourth-order valence-corrected chi connectivity index (χ4v) is 2.26. The Kier molecular flexibility index (Phi) is 1.94. The molecular weight excluding hydrogens is 234 g/mol. The molecule has 0 unspecified atom stereocenters. The summed E-state index contributed by atoms with van der Waals surface area (Å²) in [5.74, 6) is 0.594. The number of fused-ring (bicyclic) bond motifs is 2. The molecule has 0 N–H and O–H groups in total. The van der Waals surface area contributed by atoms with Crippen molar-refractivity contribution >= 4 is 21.9 Å². The lowest BCUT2D eigenvalue weighted by Gasteiger charge is -1.99. The van der Waals surface area contributed by atoms with Crippen molar-refractivity contribution < 1.29 is 5.79 Å². The number of oxazole rings is 1. The van der Waals surface area contributed by atoms with Crippen LogP contribution < -0.4 is 0 Å². The van der Waals surface area contributed by atoms with Gasteiger partial charge in [0.15, 0.2) is 5.58 Å². The Morgan fingerprint density at radius 2 is 1.79 bits per heavy atom. The predicted octanol–water partition coefficient (Wildman–Crippen LogP) is 4.65. The van der Waals surface area contributed by atoms with Gasteiger partial charge in [0.1, 0.15) is 5.52 Å². The van der Waals surface area contributed by atoms with Crippen LogP contribution in [0.2, 0.25) is 0 Å². The first-order chi connectivity index (χ1) is 9.79. The average molecular weight is 246 g/mol. The lowest BCUT2D eigenvalue weighted by atomic mass is 10.1. The molecule has 0 saturated carbocycles. The fourth-order valence-electron chi connectivity index (χ4n) is 2.26. The largest absolute Gasteiger partial charge is 0.436 e. The zero-order chi connectivity index (χ0) is 13.5. The van der Waals surface area contributed by atoms with Gasteiger partial charge in [0.2, 0.25) is 5.89 Å². The van der Waals surface area contributed by atoms with E-state index in [2.05, 4.69) is 29.2 Å². The van der Waals surface area contributed by atoms with Gasteiger partial charge in [-0.15, -0.1) is 0 Å². The third-order valence-electron chi connectivity index (χ3n) is 3.23. The van der Waals surface area contributed by atoms with Gasteiger partial charge in [-0.05, 0) is 35.0 Å². The Hall–Kier alpha value is -2.61. The van der Waals surface area contributed by atoms with Crippen LogP contribution in [0.15, 0.2) is 71.1 Å². The van der Waals surface area contributed by atoms with Crippen LogP contribution in [0.1, 0.15) is 1.37 Å². The quantitative estimate of drug-likeness (QED) is 0.488. The molecule has 1 aromatic heterocycles. The maximum atomic E-state index is 7.61. The number of nitrogens with zero attached hydrogens (tertiary/aromatic N) is 1. The van der Waals surface area contributed by atoms with Crippen LogP contribution in [0, 0.1) is 0 Å². The van der Waals surface area contributed by atoms with Crippen LogP contribution in [-0.2, 0) is 0 Å². The van der Waals surface area contributed by atoms with Crippen molar-refractivity contribution in [2.24, 2.45) is 0 Å². The normalized spacial score (nSPS) is 11.9. The Morgan fingerprint density at radius 1 is 0.895 bits per heavy atom. The van der Waals surface area contributed by atoms with Crippen LogP contribution in [0.3, 0.4) is 0 Å². The van der Waals surface area contributed by atoms with E-state index in [9.17, 15) is 0 Å². The Morgan fingerprint density at radius 3 is 2.74 bits per heavy atom. The number of aromatic nitrogens is 1. The predicted molar refractivity (Wildman–Crippen MR) is 77.0 cm³/mol. The van der Waals surface area contributed by atoms with E-state index in [0.717, 1.165) is 16.5 Å². The molecule has 4 rings (SSSR count). The standard InChI is InChI=1S/C17H11NO/c1-2-6-13-11-14(10-9-12(13)5-1)17-18-15-7-3-4-8-16(15)19-17/h1-11H/i4D. The molecular formula is C17H11NO. The third kappa shape index (κ3) is 1.69. The number of rotatable bonds is 1. The van der Waals surface area contributed by atoms with Crippen LogP contribution in [0.4, 0.5) is 0 Å². The highest BCUT2D eigenvalue weighted by Crippen LogP contribution is 2.26. The SMILES string of the molecule is [2H]c1ccc2nc(-c3ccc4ccccc4c3)oc2c1. The molecule has 90 valence electrons. The summed E-state index contributed by atoms with van der Waals surface area (Å²) in [6, 6.07) is 20.0. The molecule has 0 saturated heterocycles.